The molecule has 4 nitrogen and oxygen atoms in total. The van der Waals surface area contributed by atoms with E-state index in [4.69, 9.17) is 4.74 Å². The van der Waals surface area contributed by atoms with Crippen molar-refractivity contribution in [2.24, 2.45) is 5.92 Å². The summed E-state index contributed by atoms with van der Waals surface area (Å²) in [4.78, 5) is 4.18. The molecule has 0 aromatic heterocycles. The van der Waals surface area contributed by atoms with Crippen molar-refractivity contribution >= 4 is 0 Å². The molecule has 0 rings (SSSR count). The Bertz CT molecular complexity index is 227. The SMILES string of the molecule is CCCCC(CC)COCC(O)CNOCC(F)(F)F. The molecule has 0 aliphatic rings. The lowest BCUT2D eigenvalue weighted by Crippen LogP contribution is -2.33. The molecule has 0 radical (unpaired) electrons. The van der Waals surface area contributed by atoms with Gasteiger partial charge in [0.25, 0.3) is 0 Å². The summed E-state index contributed by atoms with van der Waals surface area (Å²) in [5.41, 5.74) is 2.08. The number of unbranched alkanes of at least 4 members (excludes halogenated alkanes) is 1. The molecule has 2 N–H and O–H groups in total. The van der Waals surface area contributed by atoms with Gasteiger partial charge in [0.15, 0.2) is 6.61 Å². The lowest BCUT2D eigenvalue weighted by molar-refractivity contribution is -0.191. The lowest BCUT2D eigenvalue weighted by Gasteiger charge is -2.17. The molecule has 0 aliphatic carbocycles. The highest BCUT2D eigenvalue weighted by Gasteiger charge is 2.27. The predicted molar refractivity (Wildman–Crippen MR) is 70.1 cm³/mol. The Labute approximate surface area is 118 Å². The van der Waals surface area contributed by atoms with E-state index in [1.54, 1.807) is 0 Å². The van der Waals surface area contributed by atoms with Crippen molar-refractivity contribution in [3.05, 3.63) is 0 Å². The van der Waals surface area contributed by atoms with E-state index in [2.05, 4.69) is 24.2 Å². The molecule has 0 aromatic rings. The number of alkyl halides is 3. The first-order valence-corrected chi connectivity index (χ1v) is 7.06. The zero-order valence-corrected chi connectivity index (χ0v) is 12.2. The van der Waals surface area contributed by atoms with Gasteiger partial charge in [-0.25, -0.2) is 0 Å². The summed E-state index contributed by atoms with van der Waals surface area (Å²) in [7, 11) is 0. The Morgan fingerprint density at radius 3 is 2.45 bits per heavy atom. The third-order valence-corrected chi connectivity index (χ3v) is 2.86. The second-order valence-corrected chi connectivity index (χ2v) is 4.86. The average molecular weight is 301 g/mol. The third kappa shape index (κ3) is 12.7. The Hall–Kier alpha value is -0.370. The van der Waals surface area contributed by atoms with Gasteiger partial charge in [0.1, 0.15) is 0 Å². The molecule has 2 atom stereocenters. The second kappa shape index (κ2) is 11.3. The van der Waals surface area contributed by atoms with E-state index in [-0.39, 0.29) is 13.2 Å². The van der Waals surface area contributed by atoms with Gasteiger partial charge in [-0.1, -0.05) is 33.1 Å². The molecule has 0 spiro atoms. The molecule has 0 saturated heterocycles. The number of rotatable bonds is 12. The van der Waals surface area contributed by atoms with Crippen LogP contribution in [-0.2, 0) is 9.57 Å². The van der Waals surface area contributed by atoms with Crippen molar-refractivity contribution in [3.8, 4) is 0 Å². The minimum absolute atomic E-state index is 0.0883. The minimum Gasteiger partial charge on any atom is -0.389 e. The monoisotopic (exact) mass is 301 g/mol. The number of ether oxygens (including phenoxy) is 1. The van der Waals surface area contributed by atoms with E-state index >= 15 is 0 Å². The molecular weight excluding hydrogens is 275 g/mol. The molecule has 0 saturated carbocycles. The van der Waals surface area contributed by atoms with Crippen molar-refractivity contribution < 1.29 is 27.9 Å². The van der Waals surface area contributed by atoms with Gasteiger partial charge in [-0.3, -0.25) is 4.84 Å². The van der Waals surface area contributed by atoms with Crippen LogP contribution in [0, 0.1) is 5.92 Å². The van der Waals surface area contributed by atoms with Crippen LogP contribution in [0.3, 0.4) is 0 Å². The minimum atomic E-state index is -4.37. The molecule has 0 heterocycles. The standard InChI is InChI=1S/C13H26F3NO3/c1-3-5-6-11(4-2)8-19-9-12(18)7-17-20-10-13(14,15)16/h11-12,17-18H,3-10H2,1-2H3. The van der Waals surface area contributed by atoms with Crippen molar-refractivity contribution in [3.63, 3.8) is 0 Å². The van der Waals surface area contributed by atoms with Crippen LogP contribution in [0.4, 0.5) is 13.2 Å². The normalized spacial score (nSPS) is 15.3. The lowest BCUT2D eigenvalue weighted by atomic mass is 10.0. The van der Waals surface area contributed by atoms with Crippen LogP contribution in [0.25, 0.3) is 0 Å². The van der Waals surface area contributed by atoms with Crippen LogP contribution >= 0.6 is 0 Å². The summed E-state index contributed by atoms with van der Waals surface area (Å²) in [6.45, 7) is 3.40. The number of hydrogen-bond acceptors (Lipinski definition) is 4. The molecule has 122 valence electrons. The van der Waals surface area contributed by atoms with Crippen LogP contribution in [0.5, 0.6) is 0 Å². The molecule has 0 aliphatic heterocycles. The van der Waals surface area contributed by atoms with E-state index in [0.29, 0.717) is 12.5 Å². The Kier molecular flexibility index (Phi) is 11.1. The highest BCUT2D eigenvalue weighted by molar-refractivity contribution is 4.59. The maximum absolute atomic E-state index is 11.8. The number of aliphatic hydroxyl groups is 1. The molecular formula is C13H26F3NO3. The second-order valence-electron chi connectivity index (χ2n) is 4.86. The van der Waals surface area contributed by atoms with Gasteiger partial charge in [-0.15, -0.1) is 0 Å². The number of hydroxylamine groups is 1. The topological polar surface area (TPSA) is 50.7 Å². The number of nitrogens with one attached hydrogen (secondary N) is 1. The van der Waals surface area contributed by atoms with Crippen LogP contribution < -0.4 is 5.48 Å². The van der Waals surface area contributed by atoms with Crippen molar-refractivity contribution in [2.45, 2.75) is 51.8 Å². The van der Waals surface area contributed by atoms with Crippen LogP contribution in [0.15, 0.2) is 0 Å². The summed E-state index contributed by atoms with van der Waals surface area (Å²) < 4.78 is 40.7. The Morgan fingerprint density at radius 1 is 1.20 bits per heavy atom. The van der Waals surface area contributed by atoms with Gasteiger partial charge in [-0.2, -0.15) is 18.7 Å². The quantitative estimate of drug-likeness (QED) is 0.430. The maximum atomic E-state index is 11.8. The number of halogens is 3. The highest BCUT2D eigenvalue weighted by atomic mass is 19.4. The fraction of sp³-hybridized carbons (Fsp3) is 1.00. The first-order valence-electron chi connectivity index (χ1n) is 7.06. The van der Waals surface area contributed by atoms with Gasteiger partial charge in [0.05, 0.1) is 12.7 Å². The zero-order chi connectivity index (χ0) is 15.4. The first-order chi connectivity index (χ1) is 9.39. The molecule has 20 heavy (non-hydrogen) atoms. The molecule has 0 aromatic carbocycles. The molecule has 7 heteroatoms. The average Bonchev–Trinajstić information content (AvgIpc) is 2.37. The predicted octanol–water partition coefficient (Wildman–Crippen LogP) is 2.66. The largest absolute Gasteiger partial charge is 0.413 e. The van der Waals surface area contributed by atoms with Crippen LogP contribution in [0.1, 0.15) is 39.5 Å². The van der Waals surface area contributed by atoms with E-state index in [1.165, 1.54) is 0 Å². The fourth-order valence-corrected chi connectivity index (χ4v) is 1.62. The molecule has 0 amide bonds. The summed E-state index contributed by atoms with van der Waals surface area (Å²) in [5, 5.41) is 9.49. The van der Waals surface area contributed by atoms with E-state index in [9.17, 15) is 18.3 Å². The smallest absolute Gasteiger partial charge is 0.389 e. The summed E-state index contributed by atoms with van der Waals surface area (Å²) in [5.74, 6) is 0.469. The third-order valence-electron chi connectivity index (χ3n) is 2.86. The zero-order valence-electron chi connectivity index (χ0n) is 12.2. The molecule has 0 bridgehead atoms. The van der Waals surface area contributed by atoms with Gasteiger partial charge in [0, 0.05) is 13.2 Å². The molecule has 2 unspecified atom stereocenters. The van der Waals surface area contributed by atoms with Gasteiger partial charge < -0.3 is 9.84 Å². The van der Waals surface area contributed by atoms with Crippen LogP contribution in [-0.4, -0.2) is 43.8 Å². The van der Waals surface area contributed by atoms with Gasteiger partial charge in [-0.05, 0) is 12.3 Å². The van der Waals surface area contributed by atoms with E-state index < -0.39 is 18.9 Å². The van der Waals surface area contributed by atoms with E-state index in [1.807, 2.05) is 0 Å². The number of aliphatic hydroxyl groups excluding tert-OH is 1. The fourth-order valence-electron chi connectivity index (χ4n) is 1.62. The Balaban J connectivity index is 3.54. The van der Waals surface area contributed by atoms with Crippen molar-refractivity contribution in [1.29, 1.82) is 0 Å². The highest BCUT2D eigenvalue weighted by Crippen LogP contribution is 2.14. The Morgan fingerprint density at radius 2 is 1.90 bits per heavy atom. The summed E-state index contributed by atoms with van der Waals surface area (Å²) in [6.07, 6.45) is -0.857. The van der Waals surface area contributed by atoms with Crippen molar-refractivity contribution in [1.82, 2.24) is 5.48 Å². The van der Waals surface area contributed by atoms with Gasteiger partial charge in [0.2, 0.25) is 0 Å². The van der Waals surface area contributed by atoms with Crippen LogP contribution in [0.2, 0.25) is 0 Å². The van der Waals surface area contributed by atoms with Crippen molar-refractivity contribution in [2.75, 3.05) is 26.4 Å². The first kappa shape index (κ1) is 19.6. The maximum Gasteiger partial charge on any atom is 0.413 e. The summed E-state index contributed by atoms with van der Waals surface area (Å²) >= 11 is 0. The van der Waals surface area contributed by atoms with Gasteiger partial charge >= 0.3 is 6.18 Å². The van der Waals surface area contributed by atoms with E-state index in [0.717, 1.165) is 25.7 Å². The summed E-state index contributed by atoms with van der Waals surface area (Å²) in [6, 6.07) is 0. The molecule has 0 fully saturated rings. The number of hydrogen-bond donors (Lipinski definition) is 2.